The smallest absolute Gasteiger partial charge is 0.270 e. The van der Waals surface area contributed by atoms with E-state index in [0.29, 0.717) is 24.3 Å². The van der Waals surface area contributed by atoms with Crippen molar-refractivity contribution in [2.45, 2.75) is 13.3 Å². The molecule has 2 heterocycles. The molecule has 0 atom stereocenters. The molecule has 0 saturated heterocycles. The molecule has 4 rings (SSSR count). The Kier molecular flexibility index (Phi) is 5.52. The normalized spacial score (nSPS) is 10.7. The molecule has 0 saturated carbocycles. The molecule has 0 spiro atoms. The number of hydrogen-bond acceptors (Lipinski definition) is 5. The first-order valence-electron chi connectivity index (χ1n) is 9.63. The molecule has 1 amide bonds. The highest BCUT2D eigenvalue weighted by Crippen LogP contribution is 2.18. The Bertz CT molecular complexity index is 1200. The van der Waals surface area contributed by atoms with Crippen LogP contribution < -0.4 is 10.6 Å². The number of nitrogens with zero attached hydrogens (tertiary/aromatic N) is 2. The molecule has 30 heavy (non-hydrogen) atoms. The van der Waals surface area contributed by atoms with Gasteiger partial charge in [-0.2, -0.15) is 0 Å². The van der Waals surface area contributed by atoms with Gasteiger partial charge in [0.2, 0.25) is 0 Å². The molecule has 0 aliphatic heterocycles. The summed E-state index contributed by atoms with van der Waals surface area (Å²) in [6.07, 6.45) is 4.04. The monoisotopic (exact) mass is 399 g/mol. The van der Waals surface area contributed by atoms with E-state index in [2.05, 4.69) is 31.7 Å². The van der Waals surface area contributed by atoms with Crippen LogP contribution in [0.4, 0.5) is 11.5 Å². The van der Waals surface area contributed by atoms with E-state index in [-0.39, 0.29) is 17.4 Å². The number of benzene rings is 2. The lowest BCUT2D eigenvalue weighted by Crippen LogP contribution is -2.26. The Morgan fingerprint density at radius 1 is 1.03 bits per heavy atom. The van der Waals surface area contributed by atoms with Gasteiger partial charge in [-0.15, -0.1) is 0 Å². The molecule has 150 valence electrons. The fourth-order valence-electron chi connectivity index (χ4n) is 3.23. The predicted molar refractivity (Wildman–Crippen MR) is 116 cm³/mol. The maximum absolute atomic E-state index is 12.5. The number of Topliss-reactive ketones (excluding diaryl/α,β-unsaturated/α-hetero) is 1. The van der Waals surface area contributed by atoms with Crippen LogP contribution in [0.25, 0.3) is 10.9 Å². The summed E-state index contributed by atoms with van der Waals surface area (Å²) in [6.45, 7) is 2.02. The minimum absolute atomic E-state index is 0.00943. The number of amides is 1. The number of anilines is 2. The summed E-state index contributed by atoms with van der Waals surface area (Å²) >= 11 is 0. The van der Waals surface area contributed by atoms with Crippen molar-refractivity contribution in [2.75, 3.05) is 11.9 Å². The van der Waals surface area contributed by atoms with Gasteiger partial charge in [0.25, 0.3) is 5.91 Å². The maximum atomic E-state index is 12.5. The van der Waals surface area contributed by atoms with E-state index < -0.39 is 0 Å². The average molecular weight is 399 g/mol. The van der Waals surface area contributed by atoms with Crippen LogP contribution in [-0.4, -0.2) is 33.2 Å². The van der Waals surface area contributed by atoms with Gasteiger partial charge in [-0.1, -0.05) is 18.2 Å². The Labute approximate surface area is 173 Å². The number of hydrogen-bond donors (Lipinski definition) is 3. The van der Waals surface area contributed by atoms with Gasteiger partial charge in [-0.05, 0) is 49.2 Å². The molecule has 0 unspecified atom stereocenters. The van der Waals surface area contributed by atoms with E-state index in [1.165, 1.54) is 13.3 Å². The van der Waals surface area contributed by atoms with Crippen LogP contribution in [0, 0.1) is 0 Å². The Morgan fingerprint density at radius 2 is 1.83 bits per heavy atom. The number of para-hydroxylation sites is 1. The molecule has 2 aromatic heterocycles. The number of ketones is 1. The van der Waals surface area contributed by atoms with Crippen LogP contribution in [0.15, 0.2) is 67.1 Å². The van der Waals surface area contributed by atoms with Crippen molar-refractivity contribution in [3.05, 3.63) is 83.9 Å². The number of H-pyrrole nitrogens is 1. The zero-order valence-electron chi connectivity index (χ0n) is 16.5. The molecule has 0 aliphatic carbocycles. The number of fused-ring (bicyclic) bond motifs is 1. The Morgan fingerprint density at radius 3 is 2.63 bits per heavy atom. The number of rotatable bonds is 7. The molecule has 7 nitrogen and oxygen atoms in total. The zero-order valence-corrected chi connectivity index (χ0v) is 16.5. The minimum atomic E-state index is -0.257. The first-order valence-corrected chi connectivity index (χ1v) is 9.63. The SMILES string of the molecule is CC(=O)c1ccc(Nc2cc(C(=O)NCCc3c[nH]c4ccccc34)ncn2)cc1. The average Bonchev–Trinajstić information content (AvgIpc) is 3.17. The number of aromatic amines is 1. The summed E-state index contributed by atoms with van der Waals surface area (Å²) in [6, 6.07) is 16.7. The van der Waals surface area contributed by atoms with Crippen molar-refractivity contribution in [1.82, 2.24) is 20.3 Å². The second kappa shape index (κ2) is 8.57. The quantitative estimate of drug-likeness (QED) is 0.410. The van der Waals surface area contributed by atoms with Crippen LogP contribution in [0.2, 0.25) is 0 Å². The number of aromatic nitrogens is 3. The molecule has 0 fully saturated rings. The van der Waals surface area contributed by atoms with E-state index >= 15 is 0 Å². The number of carbonyl (C=O) groups is 2. The van der Waals surface area contributed by atoms with Crippen LogP contribution in [0.1, 0.15) is 33.3 Å². The Hall–Kier alpha value is -4.00. The third-order valence-electron chi connectivity index (χ3n) is 4.82. The van der Waals surface area contributed by atoms with Gasteiger partial charge in [0.1, 0.15) is 17.8 Å². The van der Waals surface area contributed by atoms with Crippen LogP contribution in [-0.2, 0) is 6.42 Å². The number of carbonyl (C=O) groups excluding carboxylic acids is 2. The first kappa shape index (κ1) is 19.3. The van der Waals surface area contributed by atoms with Gasteiger partial charge < -0.3 is 15.6 Å². The van der Waals surface area contributed by atoms with Gasteiger partial charge >= 0.3 is 0 Å². The molecule has 7 heteroatoms. The van der Waals surface area contributed by atoms with Gasteiger partial charge in [0.05, 0.1) is 0 Å². The minimum Gasteiger partial charge on any atom is -0.361 e. The second-order valence-corrected chi connectivity index (χ2v) is 6.91. The summed E-state index contributed by atoms with van der Waals surface area (Å²) in [4.78, 5) is 35.3. The highest BCUT2D eigenvalue weighted by Gasteiger charge is 2.10. The second-order valence-electron chi connectivity index (χ2n) is 6.91. The fourth-order valence-corrected chi connectivity index (χ4v) is 3.23. The van der Waals surface area contributed by atoms with Gasteiger partial charge in [-0.3, -0.25) is 9.59 Å². The van der Waals surface area contributed by atoms with Crippen molar-refractivity contribution >= 4 is 34.1 Å². The van der Waals surface area contributed by atoms with Crippen molar-refractivity contribution in [3.8, 4) is 0 Å². The molecule has 0 aliphatic rings. The maximum Gasteiger partial charge on any atom is 0.270 e. The van der Waals surface area contributed by atoms with Gasteiger partial charge in [-0.25, -0.2) is 9.97 Å². The summed E-state index contributed by atoms with van der Waals surface area (Å²) in [5, 5.41) is 7.18. The molecule has 0 bridgehead atoms. The van der Waals surface area contributed by atoms with E-state index in [9.17, 15) is 9.59 Å². The largest absolute Gasteiger partial charge is 0.361 e. The molecule has 4 aromatic rings. The van der Waals surface area contributed by atoms with E-state index in [1.807, 2.05) is 24.4 Å². The summed E-state index contributed by atoms with van der Waals surface area (Å²) in [5.41, 5.74) is 3.93. The third-order valence-corrected chi connectivity index (χ3v) is 4.82. The van der Waals surface area contributed by atoms with Crippen molar-refractivity contribution in [1.29, 1.82) is 0 Å². The predicted octanol–water partition coefficient (Wildman–Crippen LogP) is 3.88. The molecular formula is C23H21N5O2. The third kappa shape index (κ3) is 4.35. The van der Waals surface area contributed by atoms with Crippen molar-refractivity contribution in [2.24, 2.45) is 0 Å². The van der Waals surface area contributed by atoms with E-state index in [0.717, 1.165) is 22.2 Å². The standard InChI is InChI=1S/C23H21N5O2/c1-15(29)16-6-8-18(9-7-16)28-22-12-21(26-14-27-22)23(30)24-11-10-17-13-25-20-5-3-2-4-19(17)20/h2-9,12-14,25H,10-11H2,1H3,(H,24,30)(H,26,27,28). The summed E-state index contributed by atoms with van der Waals surface area (Å²) in [5.74, 6) is 0.254. The van der Waals surface area contributed by atoms with Crippen LogP contribution >= 0.6 is 0 Å². The first-order chi connectivity index (χ1) is 14.6. The summed E-state index contributed by atoms with van der Waals surface area (Å²) in [7, 11) is 0. The highest BCUT2D eigenvalue weighted by atomic mass is 16.1. The molecule has 2 aromatic carbocycles. The lowest BCUT2D eigenvalue weighted by Gasteiger charge is -2.08. The van der Waals surface area contributed by atoms with E-state index in [1.54, 1.807) is 30.3 Å². The number of nitrogens with one attached hydrogen (secondary N) is 3. The van der Waals surface area contributed by atoms with Crippen molar-refractivity contribution < 1.29 is 9.59 Å². The summed E-state index contributed by atoms with van der Waals surface area (Å²) < 4.78 is 0. The van der Waals surface area contributed by atoms with Gasteiger partial charge in [0, 0.05) is 41.0 Å². The van der Waals surface area contributed by atoms with Gasteiger partial charge in [0.15, 0.2) is 5.78 Å². The highest BCUT2D eigenvalue weighted by molar-refractivity contribution is 5.94. The zero-order chi connectivity index (χ0) is 20.9. The lowest BCUT2D eigenvalue weighted by atomic mass is 10.1. The topological polar surface area (TPSA) is 99.8 Å². The Balaban J connectivity index is 1.37. The lowest BCUT2D eigenvalue weighted by molar-refractivity contribution is 0.0948. The molecular weight excluding hydrogens is 378 g/mol. The van der Waals surface area contributed by atoms with Crippen LogP contribution in [0.5, 0.6) is 0 Å². The van der Waals surface area contributed by atoms with Crippen LogP contribution in [0.3, 0.4) is 0 Å². The van der Waals surface area contributed by atoms with Crippen molar-refractivity contribution in [3.63, 3.8) is 0 Å². The molecule has 0 radical (unpaired) electrons. The van der Waals surface area contributed by atoms with E-state index in [4.69, 9.17) is 0 Å². The molecule has 3 N–H and O–H groups in total. The fraction of sp³-hybridized carbons (Fsp3) is 0.130.